The van der Waals surface area contributed by atoms with Crippen LogP contribution in [0.4, 0.5) is 0 Å². The molecule has 9 nitrogen and oxygen atoms in total. The van der Waals surface area contributed by atoms with Crippen LogP contribution in [0.25, 0.3) is 0 Å². The molecule has 0 unspecified atom stereocenters. The maximum Gasteiger partial charge on any atom is 0.246 e. The lowest BCUT2D eigenvalue weighted by Crippen LogP contribution is -2.58. The molecule has 0 aromatic heterocycles. The van der Waals surface area contributed by atoms with Crippen molar-refractivity contribution in [3.05, 3.63) is 0 Å². The number of hydrogen-bond acceptors (Lipinski definition) is 7. The quantitative estimate of drug-likeness (QED) is 0.452. The highest BCUT2D eigenvalue weighted by Crippen LogP contribution is 2.50. The van der Waals surface area contributed by atoms with Crippen molar-refractivity contribution in [3.63, 3.8) is 0 Å². The van der Waals surface area contributed by atoms with Crippen LogP contribution in [-0.2, 0) is 19.2 Å². The molecule has 0 bridgehead atoms. The van der Waals surface area contributed by atoms with Crippen LogP contribution in [0, 0.1) is 28.6 Å². The van der Waals surface area contributed by atoms with Gasteiger partial charge in [-0.2, -0.15) is 5.26 Å². The van der Waals surface area contributed by atoms with Crippen LogP contribution in [0.1, 0.15) is 59.3 Å². The Bertz CT molecular complexity index is 936. The van der Waals surface area contributed by atoms with Crippen molar-refractivity contribution in [3.8, 4) is 6.07 Å². The number of nitrogens with zero attached hydrogens (tertiary/aromatic N) is 2. The van der Waals surface area contributed by atoms with E-state index < -0.39 is 23.5 Å². The van der Waals surface area contributed by atoms with Crippen molar-refractivity contribution in [1.29, 1.82) is 5.26 Å². The molecule has 3 saturated heterocycles. The standard InChI is InChI=1S/C25H37N5O4S2/c1-24(2,3)19(29-21(32)15-5-6-15)23(34)30-14-25(35-9-4-10-36-25)12-18(30)22(33)28-17(13-26)11-16-7-8-27-20(16)31/h15-19H,4-12,14H2,1-3H3,(H,27,31)(H,28,33)(H,29,32)/t16-,17-,18-,19+/m0/s1. The van der Waals surface area contributed by atoms with E-state index in [0.717, 1.165) is 30.8 Å². The van der Waals surface area contributed by atoms with E-state index in [4.69, 9.17) is 0 Å². The molecule has 1 aliphatic carbocycles. The lowest BCUT2D eigenvalue weighted by Gasteiger charge is -2.36. The number of thioether (sulfide) groups is 2. The fourth-order valence-corrected chi connectivity index (χ4v) is 8.47. The fraction of sp³-hybridized carbons (Fsp3) is 0.800. The molecule has 4 atom stereocenters. The topological polar surface area (TPSA) is 131 Å². The highest BCUT2D eigenvalue weighted by atomic mass is 32.2. The number of rotatable bonds is 7. The summed E-state index contributed by atoms with van der Waals surface area (Å²) in [6.07, 6.45) is 4.17. The molecule has 3 N–H and O–H groups in total. The molecule has 0 aromatic carbocycles. The van der Waals surface area contributed by atoms with E-state index in [2.05, 4.69) is 22.0 Å². The summed E-state index contributed by atoms with van der Waals surface area (Å²) >= 11 is 3.60. The zero-order valence-electron chi connectivity index (χ0n) is 21.3. The molecule has 36 heavy (non-hydrogen) atoms. The molecule has 4 fully saturated rings. The molecule has 4 rings (SSSR count). The molecule has 4 aliphatic rings. The Labute approximate surface area is 221 Å². The SMILES string of the molecule is CC(C)(C)[C@H](NC(=O)C1CC1)C(=O)N1CC2(C[C@H]1C(=O)N[C@H](C#N)C[C@@H]1CCNC1=O)SCCCS2. The molecule has 198 valence electrons. The summed E-state index contributed by atoms with van der Waals surface area (Å²) in [6.45, 7) is 6.77. The number of likely N-dealkylation sites (tertiary alicyclic amines) is 1. The first-order valence-corrected chi connectivity index (χ1v) is 14.9. The molecule has 0 radical (unpaired) electrons. The van der Waals surface area contributed by atoms with Gasteiger partial charge >= 0.3 is 0 Å². The summed E-state index contributed by atoms with van der Waals surface area (Å²) in [4.78, 5) is 53.8. The van der Waals surface area contributed by atoms with E-state index in [1.807, 2.05) is 20.8 Å². The summed E-state index contributed by atoms with van der Waals surface area (Å²) in [5, 5.41) is 18.3. The van der Waals surface area contributed by atoms with Gasteiger partial charge < -0.3 is 20.9 Å². The Hall–Kier alpha value is -1.93. The van der Waals surface area contributed by atoms with Gasteiger partial charge in [0.15, 0.2) is 0 Å². The Morgan fingerprint density at radius 1 is 1.17 bits per heavy atom. The van der Waals surface area contributed by atoms with Gasteiger partial charge in [-0.3, -0.25) is 19.2 Å². The van der Waals surface area contributed by atoms with Crippen LogP contribution in [-0.4, -0.2) is 75.3 Å². The predicted molar refractivity (Wildman–Crippen MR) is 140 cm³/mol. The highest BCUT2D eigenvalue weighted by Gasteiger charge is 2.53. The minimum absolute atomic E-state index is 0.0275. The lowest BCUT2D eigenvalue weighted by atomic mass is 9.85. The zero-order chi connectivity index (χ0) is 26.1. The molecule has 1 spiro atoms. The van der Waals surface area contributed by atoms with Gasteiger partial charge in [0.2, 0.25) is 23.6 Å². The maximum atomic E-state index is 14.0. The fourth-order valence-electron chi connectivity index (χ4n) is 5.12. The average Bonchev–Trinajstić information content (AvgIpc) is 3.52. The minimum Gasteiger partial charge on any atom is -0.356 e. The van der Waals surface area contributed by atoms with Gasteiger partial charge in [-0.05, 0) is 49.0 Å². The van der Waals surface area contributed by atoms with Gasteiger partial charge in [-0.25, -0.2) is 0 Å². The highest BCUT2D eigenvalue weighted by molar-refractivity contribution is 8.18. The van der Waals surface area contributed by atoms with Crippen LogP contribution >= 0.6 is 23.5 Å². The first-order valence-electron chi connectivity index (χ1n) is 12.9. The van der Waals surface area contributed by atoms with Gasteiger partial charge in [0.1, 0.15) is 18.1 Å². The first kappa shape index (κ1) is 27.1. The summed E-state index contributed by atoms with van der Waals surface area (Å²) < 4.78 is -0.271. The van der Waals surface area contributed by atoms with Crippen molar-refractivity contribution in [1.82, 2.24) is 20.9 Å². The summed E-state index contributed by atoms with van der Waals surface area (Å²) in [5.74, 6) is 0.830. The second kappa shape index (κ2) is 10.8. The second-order valence-corrected chi connectivity index (χ2v) is 14.6. The van der Waals surface area contributed by atoms with E-state index in [-0.39, 0.29) is 46.0 Å². The predicted octanol–water partition coefficient (Wildman–Crippen LogP) is 1.63. The largest absolute Gasteiger partial charge is 0.356 e. The van der Waals surface area contributed by atoms with Crippen molar-refractivity contribution in [2.75, 3.05) is 24.6 Å². The van der Waals surface area contributed by atoms with Crippen LogP contribution < -0.4 is 16.0 Å². The summed E-state index contributed by atoms with van der Waals surface area (Å²) in [5.41, 5.74) is -0.531. The molecule has 1 saturated carbocycles. The van der Waals surface area contributed by atoms with Gasteiger partial charge in [0.25, 0.3) is 0 Å². The Balaban J connectivity index is 1.53. The van der Waals surface area contributed by atoms with Crippen molar-refractivity contribution < 1.29 is 19.2 Å². The van der Waals surface area contributed by atoms with E-state index in [0.29, 0.717) is 25.9 Å². The molecule has 0 aromatic rings. The van der Waals surface area contributed by atoms with E-state index in [1.54, 1.807) is 28.4 Å². The number of carbonyl (C=O) groups excluding carboxylic acids is 4. The van der Waals surface area contributed by atoms with Crippen molar-refractivity contribution in [2.24, 2.45) is 17.3 Å². The third-order valence-electron chi connectivity index (χ3n) is 7.40. The monoisotopic (exact) mass is 535 g/mol. The van der Waals surface area contributed by atoms with Gasteiger partial charge in [0, 0.05) is 31.3 Å². The van der Waals surface area contributed by atoms with Gasteiger partial charge in [-0.1, -0.05) is 20.8 Å². The van der Waals surface area contributed by atoms with Crippen molar-refractivity contribution in [2.45, 2.75) is 81.5 Å². The Morgan fingerprint density at radius 3 is 2.42 bits per heavy atom. The average molecular weight is 536 g/mol. The van der Waals surface area contributed by atoms with Crippen LogP contribution in [0.3, 0.4) is 0 Å². The summed E-state index contributed by atoms with van der Waals surface area (Å²) in [7, 11) is 0. The zero-order valence-corrected chi connectivity index (χ0v) is 22.9. The molecule has 3 heterocycles. The van der Waals surface area contributed by atoms with E-state index in [1.165, 1.54) is 0 Å². The molecular weight excluding hydrogens is 498 g/mol. The minimum atomic E-state index is -0.806. The summed E-state index contributed by atoms with van der Waals surface area (Å²) in [6, 6.07) is -0.154. The molecule has 4 amide bonds. The van der Waals surface area contributed by atoms with Gasteiger partial charge in [-0.15, -0.1) is 23.5 Å². The number of hydrogen-bond donors (Lipinski definition) is 3. The molecule has 11 heteroatoms. The first-order chi connectivity index (χ1) is 17.0. The number of nitrogens with one attached hydrogen (secondary N) is 3. The number of nitriles is 1. The Morgan fingerprint density at radius 2 is 1.86 bits per heavy atom. The van der Waals surface area contributed by atoms with Crippen LogP contribution in [0.2, 0.25) is 0 Å². The molecular formula is C25H37N5O4S2. The van der Waals surface area contributed by atoms with Crippen LogP contribution in [0.5, 0.6) is 0 Å². The van der Waals surface area contributed by atoms with Crippen LogP contribution in [0.15, 0.2) is 0 Å². The Kier molecular flexibility index (Phi) is 8.15. The van der Waals surface area contributed by atoms with E-state index in [9.17, 15) is 24.4 Å². The second-order valence-electron chi connectivity index (χ2n) is 11.4. The lowest BCUT2D eigenvalue weighted by molar-refractivity contribution is -0.144. The third kappa shape index (κ3) is 6.13. The smallest absolute Gasteiger partial charge is 0.246 e. The molecule has 3 aliphatic heterocycles. The normalized spacial score (nSPS) is 27.2. The third-order valence-corrected chi connectivity index (χ3v) is 10.7. The number of carbonyl (C=O) groups is 4. The maximum absolute atomic E-state index is 14.0. The number of amides is 4. The van der Waals surface area contributed by atoms with Crippen molar-refractivity contribution >= 4 is 47.2 Å². The van der Waals surface area contributed by atoms with E-state index >= 15 is 0 Å². The van der Waals surface area contributed by atoms with Gasteiger partial charge in [0.05, 0.1) is 10.1 Å².